The fraction of sp³-hybridized carbons (Fsp3) is 0.308. The zero-order chi connectivity index (χ0) is 13.5. The molecule has 1 rings (SSSR count). The molecule has 1 aromatic carbocycles. The number of halogens is 1. The lowest BCUT2D eigenvalue weighted by Gasteiger charge is -2.10. The Morgan fingerprint density at radius 2 is 2.00 bits per heavy atom. The minimum absolute atomic E-state index is 0.0873. The van der Waals surface area contributed by atoms with E-state index in [-0.39, 0.29) is 19.1 Å². The van der Waals surface area contributed by atoms with E-state index in [2.05, 4.69) is 0 Å². The van der Waals surface area contributed by atoms with Gasteiger partial charge in [-0.15, -0.1) is 0 Å². The first-order valence-electron chi connectivity index (χ1n) is 5.53. The van der Waals surface area contributed by atoms with Gasteiger partial charge in [0.2, 0.25) is 0 Å². The van der Waals surface area contributed by atoms with Crippen LogP contribution in [0.15, 0.2) is 36.2 Å². The third-order valence-corrected chi connectivity index (χ3v) is 2.22. The number of ether oxygens (including phenoxy) is 1. The highest BCUT2D eigenvalue weighted by atomic mass is 19.1. The maximum absolute atomic E-state index is 13.0. The molecule has 0 spiro atoms. The van der Waals surface area contributed by atoms with Crippen LogP contribution in [0.2, 0.25) is 0 Å². The lowest BCUT2D eigenvalue weighted by atomic mass is 10.2. The SMILES string of the molecule is CN(C)C(=O)c1ccc(OC/C(F)=C/CN)cc1. The summed E-state index contributed by atoms with van der Waals surface area (Å²) in [6, 6.07) is 6.54. The number of rotatable bonds is 5. The molecule has 0 aliphatic heterocycles. The first-order valence-corrected chi connectivity index (χ1v) is 5.53. The molecule has 0 aliphatic rings. The maximum Gasteiger partial charge on any atom is 0.253 e. The number of amides is 1. The van der Waals surface area contributed by atoms with E-state index in [0.29, 0.717) is 11.3 Å². The molecule has 4 nitrogen and oxygen atoms in total. The predicted octanol–water partition coefficient (Wildman–Crippen LogP) is 1.58. The fourth-order valence-electron chi connectivity index (χ4n) is 1.29. The number of carbonyl (C=O) groups is 1. The van der Waals surface area contributed by atoms with Crippen molar-refractivity contribution in [3.63, 3.8) is 0 Å². The molecular formula is C13H17FN2O2. The molecule has 1 aromatic rings. The van der Waals surface area contributed by atoms with Crippen molar-refractivity contribution in [2.45, 2.75) is 0 Å². The molecule has 0 saturated carbocycles. The van der Waals surface area contributed by atoms with Crippen LogP contribution < -0.4 is 10.5 Å². The molecule has 0 saturated heterocycles. The van der Waals surface area contributed by atoms with Gasteiger partial charge in [0, 0.05) is 26.2 Å². The second-order valence-corrected chi connectivity index (χ2v) is 3.90. The summed E-state index contributed by atoms with van der Waals surface area (Å²) in [5.41, 5.74) is 5.73. The Morgan fingerprint density at radius 1 is 1.39 bits per heavy atom. The third kappa shape index (κ3) is 4.18. The van der Waals surface area contributed by atoms with Gasteiger partial charge in [-0.2, -0.15) is 0 Å². The van der Waals surface area contributed by atoms with E-state index in [4.69, 9.17) is 10.5 Å². The number of benzene rings is 1. The second-order valence-electron chi connectivity index (χ2n) is 3.90. The monoisotopic (exact) mass is 252 g/mol. The largest absolute Gasteiger partial charge is 0.487 e. The minimum atomic E-state index is -0.411. The Morgan fingerprint density at radius 3 is 2.50 bits per heavy atom. The van der Waals surface area contributed by atoms with Crippen molar-refractivity contribution >= 4 is 5.91 Å². The highest BCUT2D eigenvalue weighted by molar-refractivity contribution is 5.93. The summed E-state index contributed by atoms with van der Waals surface area (Å²) in [6.07, 6.45) is 1.25. The Kier molecular flexibility index (Phi) is 5.32. The first kappa shape index (κ1) is 14.2. The van der Waals surface area contributed by atoms with Crippen molar-refractivity contribution in [1.82, 2.24) is 4.90 Å². The number of nitrogens with zero attached hydrogens (tertiary/aromatic N) is 1. The molecule has 0 aromatic heterocycles. The van der Waals surface area contributed by atoms with E-state index in [1.807, 2.05) is 0 Å². The summed E-state index contributed by atoms with van der Waals surface area (Å²) in [5, 5.41) is 0. The molecule has 0 atom stereocenters. The van der Waals surface area contributed by atoms with Crippen LogP contribution in [0.3, 0.4) is 0 Å². The van der Waals surface area contributed by atoms with Crippen LogP contribution in [0, 0.1) is 0 Å². The molecular weight excluding hydrogens is 235 g/mol. The Balaban J connectivity index is 2.61. The van der Waals surface area contributed by atoms with E-state index in [0.717, 1.165) is 0 Å². The van der Waals surface area contributed by atoms with Gasteiger partial charge in [0.25, 0.3) is 5.91 Å². The van der Waals surface area contributed by atoms with E-state index in [9.17, 15) is 9.18 Å². The van der Waals surface area contributed by atoms with Gasteiger partial charge in [-0.25, -0.2) is 4.39 Å². The van der Waals surface area contributed by atoms with Crippen LogP contribution in [0.25, 0.3) is 0 Å². The lowest BCUT2D eigenvalue weighted by Crippen LogP contribution is -2.21. The highest BCUT2D eigenvalue weighted by Gasteiger charge is 2.07. The second kappa shape index (κ2) is 6.76. The van der Waals surface area contributed by atoms with Gasteiger partial charge in [0.15, 0.2) is 0 Å². The van der Waals surface area contributed by atoms with Crippen LogP contribution in [0.4, 0.5) is 4.39 Å². The van der Waals surface area contributed by atoms with Gasteiger partial charge in [0.05, 0.1) is 0 Å². The molecule has 0 heterocycles. The maximum atomic E-state index is 13.0. The number of carbonyl (C=O) groups excluding carboxylic acids is 1. The zero-order valence-corrected chi connectivity index (χ0v) is 10.5. The molecule has 1 amide bonds. The van der Waals surface area contributed by atoms with Crippen LogP contribution in [0.1, 0.15) is 10.4 Å². The number of hydrogen-bond acceptors (Lipinski definition) is 3. The lowest BCUT2D eigenvalue weighted by molar-refractivity contribution is 0.0827. The van der Waals surface area contributed by atoms with Gasteiger partial charge in [-0.1, -0.05) is 0 Å². The van der Waals surface area contributed by atoms with Crippen LogP contribution in [-0.4, -0.2) is 38.1 Å². The molecule has 5 heteroatoms. The summed E-state index contributed by atoms with van der Waals surface area (Å²) < 4.78 is 18.2. The molecule has 98 valence electrons. The minimum Gasteiger partial charge on any atom is -0.487 e. The van der Waals surface area contributed by atoms with Crippen molar-refractivity contribution < 1.29 is 13.9 Å². The predicted molar refractivity (Wildman–Crippen MR) is 68.2 cm³/mol. The molecule has 0 radical (unpaired) electrons. The molecule has 0 aliphatic carbocycles. The van der Waals surface area contributed by atoms with Crippen molar-refractivity contribution in [1.29, 1.82) is 0 Å². The Hall–Kier alpha value is -1.88. The average Bonchev–Trinajstić information content (AvgIpc) is 2.36. The quantitative estimate of drug-likeness (QED) is 0.865. The van der Waals surface area contributed by atoms with E-state index >= 15 is 0 Å². The molecule has 0 fully saturated rings. The zero-order valence-electron chi connectivity index (χ0n) is 10.5. The number of hydrogen-bond donors (Lipinski definition) is 1. The van der Waals surface area contributed by atoms with Gasteiger partial charge in [0.1, 0.15) is 18.2 Å². The summed E-state index contributed by atoms with van der Waals surface area (Å²) in [4.78, 5) is 13.1. The van der Waals surface area contributed by atoms with Crippen molar-refractivity contribution in [2.75, 3.05) is 27.2 Å². The van der Waals surface area contributed by atoms with Crippen molar-refractivity contribution in [3.05, 3.63) is 41.7 Å². The summed E-state index contributed by atoms with van der Waals surface area (Å²) >= 11 is 0. The Bertz CT molecular complexity index is 427. The Labute approximate surface area is 106 Å². The van der Waals surface area contributed by atoms with Gasteiger partial charge >= 0.3 is 0 Å². The molecule has 2 N–H and O–H groups in total. The van der Waals surface area contributed by atoms with E-state index in [1.54, 1.807) is 38.4 Å². The van der Waals surface area contributed by atoms with Crippen molar-refractivity contribution in [2.24, 2.45) is 5.73 Å². The van der Waals surface area contributed by atoms with Crippen LogP contribution in [0.5, 0.6) is 5.75 Å². The van der Waals surface area contributed by atoms with Crippen LogP contribution >= 0.6 is 0 Å². The topological polar surface area (TPSA) is 55.6 Å². The van der Waals surface area contributed by atoms with Gasteiger partial charge in [-0.05, 0) is 30.3 Å². The smallest absolute Gasteiger partial charge is 0.253 e. The fourth-order valence-corrected chi connectivity index (χ4v) is 1.29. The van der Waals surface area contributed by atoms with E-state index < -0.39 is 5.83 Å². The standard InChI is InChI=1S/C13H17FN2O2/c1-16(2)13(17)10-3-5-12(6-4-10)18-9-11(14)7-8-15/h3-7H,8-9,15H2,1-2H3/b11-7-. The summed E-state index contributed by atoms with van der Waals surface area (Å²) in [7, 11) is 3.36. The summed E-state index contributed by atoms with van der Waals surface area (Å²) in [5.74, 6) is 0.00702. The summed E-state index contributed by atoms with van der Waals surface area (Å²) in [6.45, 7) is -0.0103. The average molecular weight is 252 g/mol. The van der Waals surface area contributed by atoms with Crippen molar-refractivity contribution in [3.8, 4) is 5.75 Å². The molecule has 0 unspecified atom stereocenters. The van der Waals surface area contributed by atoms with E-state index in [1.165, 1.54) is 11.0 Å². The molecule has 0 bridgehead atoms. The number of nitrogens with two attached hydrogens (primary N) is 1. The van der Waals surface area contributed by atoms with Crippen LogP contribution in [-0.2, 0) is 0 Å². The first-order chi connectivity index (χ1) is 8.54. The molecule has 18 heavy (non-hydrogen) atoms. The van der Waals surface area contributed by atoms with Gasteiger partial charge < -0.3 is 15.4 Å². The van der Waals surface area contributed by atoms with Gasteiger partial charge in [-0.3, -0.25) is 4.79 Å². The normalized spacial score (nSPS) is 11.2. The third-order valence-electron chi connectivity index (χ3n) is 2.22. The highest BCUT2D eigenvalue weighted by Crippen LogP contribution is 2.14.